The van der Waals surface area contributed by atoms with Crippen LogP contribution >= 0.6 is 0 Å². The molecule has 2 rings (SSSR count). The number of hydrogen-bond donors (Lipinski definition) is 1. The average Bonchev–Trinajstić information content (AvgIpc) is 3.15. The molecule has 0 saturated heterocycles. The maximum atomic E-state index is 13.4. The summed E-state index contributed by atoms with van der Waals surface area (Å²) in [6.07, 6.45) is 1.99. The molecule has 0 radical (unpaired) electrons. The van der Waals surface area contributed by atoms with Gasteiger partial charge in [-0.15, -0.1) is 0 Å². The fraction of sp³-hybridized carbons (Fsp3) is 0.538. The van der Waals surface area contributed by atoms with Gasteiger partial charge in [0.05, 0.1) is 6.61 Å². The molecule has 0 amide bonds. The van der Waals surface area contributed by atoms with E-state index in [0.29, 0.717) is 19.2 Å². The van der Waals surface area contributed by atoms with Crippen LogP contribution in [0.25, 0.3) is 0 Å². The second-order valence-electron chi connectivity index (χ2n) is 4.45. The van der Waals surface area contributed by atoms with Crippen LogP contribution in [-0.4, -0.2) is 32.4 Å². The van der Waals surface area contributed by atoms with Crippen LogP contribution < -0.4 is 10.1 Å². The monoisotopic (exact) mass is 257 g/mol. The topological polar surface area (TPSA) is 30.5 Å². The molecule has 1 saturated carbocycles. The van der Waals surface area contributed by atoms with Crippen LogP contribution in [0.5, 0.6) is 5.75 Å². The van der Waals surface area contributed by atoms with Crippen LogP contribution in [0.15, 0.2) is 18.2 Å². The Morgan fingerprint density at radius 3 is 2.83 bits per heavy atom. The van der Waals surface area contributed by atoms with Gasteiger partial charge >= 0.3 is 0 Å². The molecule has 0 aromatic heterocycles. The maximum Gasteiger partial charge on any atom is 0.165 e. The number of nitrogens with one attached hydrogen (secondary N) is 1. The van der Waals surface area contributed by atoms with Crippen LogP contribution in [0.1, 0.15) is 12.8 Å². The van der Waals surface area contributed by atoms with Crippen molar-refractivity contribution in [1.29, 1.82) is 0 Å². The van der Waals surface area contributed by atoms with Gasteiger partial charge in [-0.3, -0.25) is 0 Å². The third-order valence-electron chi connectivity index (χ3n) is 2.75. The number of hydrogen-bond acceptors (Lipinski definition) is 3. The standard InChI is InChI=1S/C13H17F2NO2/c1-17-8-11(7-16-10-3-4-10)18-13-6-9(14)2-5-12(13)15/h2,5-6,10-11,16H,3-4,7-8H2,1H3. The Bertz CT molecular complexity index is 397. The normalized spacial score (nSPS) is 16.6. The summed E-state index contributed by atoms with van der Waals surface area (Å²) < 4.78 is 36.9. The molecule has 1 unspecified atom stereocenters. The zero-order valence-electron chi connectivity index (χ0n) is 10.3. The van der Waals surface area contributed by atoms with E-state index >= 15 is 0 Å². The molecule has 0 bridgehead atoms. The maximum absolute atomic E-state index is 13.4. The lowest BCUT2D eigenvalue weighted by atomic mass is 10.3. The fourth-order valence-corrected chi connectivity index (χ4v) is 1.65. The fourth-order valence-electron chi connectivity index (χ4n) is 1.65. The highest BCUT2D eigenvalue weighted by Crippen LogP contribution is 2.21. The summed E-state index contributed by atoms with van der Waals surface area (Å²) in [5.41, 5.74) is 0. The summed E-state index contributed by atoms with van der Waals surface area (Å²) >= 11 is 0. The molecule has 3 nitrogen and oxygen atoms in total. The van der Waals surface area contributed by atoms with E-state index in [1.807, 2.05) is 0 Å². The molecule has 1 aliphatic carbocycles. The van der Waals surface area contributed by atoms with E-state index in [2.05, 4.69) is 5.32 Å². The number of methoxy groups -OCH3 is 1. The first-order valence-corrected chi connectivity index (χ1v) is 6.03. The summed E-state index contributed by atoms with van der Waals surface area (Å²) in [6.45, 7) is 0.893. The van der Waals surface area contributed by atoms with Crippen molar-refractivity contribution in [3.05, 3.63) is 29.8 Å². The zero-order valence-corrected chi connectivity index (χ0v) is 10.3. The molecule has 1 aliphatic rings. The molecule has 5 heteroatoms. The van der Waals surface area contributed by atoms with E-state index in [1.54, 1.807) is 7.11 Å². The largest absolute Gasteiger partial charge is 0.484 e. The van der Waals surface area contributed by atoms with Gasteiger partial charge in [-0.1, -0.05) is 0 Å². The van der Waals surface area contributed by atoms with Gasteiger partial charge in [-0.2, -0.15) is 0 Å². The minimum Gasteiger partial charge on any atom is -0.484 e. The number of ether oxygens (including phenoxy) is 2. The van der Waals surface area contributed by atoms with Crippen LogP contribution in [-0.2, 0) is 4.74 Å². The minimum absolute atomic E-state index is 0.0744. The Labute approximate surface area is 105 Å². The van der Waals surface area contributed by atoms with Crippen molar-refractivity contribution in [2.24, 2.45) is 0 Å². The van der Waals surface area contributed by atoms with Crippen molar-refractivity contribution in [3.8, 4) is 5.75 Å². The highest BCUT2D eigenvalue weighted by molar-refractivity contribution is 5.25. The first kappa shape index (κ1) is 13.2. The molecule has 100 valence electrons. The lowest BCUT2D eigenvalue weighted by Crippen LogP contribution is -2.36. The number of halogens is 2. The molecule has 0 spiro atoms. The van der Waals surface area contributed by atoms with Gasteiger partial charge in [0.1, 0.15) is 11.9 Å². The lowest BCUT2D eigenvalue weighted by Gasteiger charge is -2.19. The smallest absolute Gasteiger partial charge is 0.165 e. The van der Waals surface area contributed by atoms with E-state index in [1.165, 1.54) is 0 Å². The van der Waals surface area contributed by atoms with Gasteiger partial charge in [-0.25, -0.2) is 8.78 Å². The van der Waals surface area contributed by atoms with Crippen molar-refractivity contribution < 1.29 is 18.3 Å². The number of rotatable bonds is 7. The van der Waals surface area contributed by atoms with Gasteiger partial charge in [0.2, 0.25) is 0 Å². The summed E-state index contributed by atoms with van der Waals surface area (Å²) in [6, 6.07) is 3.71. The molecular weight excluding hydrogens is 240 g/mol. The van der Waals surface area contributed by atoms with Crippen molar-refractivity contribution >= 4 is 0 Å². The van der Waals surface area contributed by atoms with Gasteiger partial charge < -0.3 is 14.8 Å². The molecular formula is C13H17F2NO2. The first-order chi connectivity index (χ1) is 8.69. The molecule has 1 aromatic rings. The molecule has 18 heavy (non-hydrogen) atoms. The Balaban J connectivity index is 1.94. The highest BCUT2D eigenvalue weighted by atomic mass is 19.1. The van der Waals surface area contributed by atoms with E-state index in [0.717, 1.165) is 31.0 Å². The van der Waals surface area contributed by atoms with E-state index in [9.17, 15) is 8.78 Å². The predicted molar refractivity (Wildman–Crippen MR) is 63.7 cm³/mol. The average molecular weight is 257 g/mol. The molecule has 1 N–H and O–H groups in total. The Morgan fingerprint density at radius 1 is 1.39 bits per heavy atom. The zero-order chi connectivity index (χ0) is 13.0. The SMILES string of the molecule is COCC(CNC1CC1)Oc1cc(F)ccc1F. The van der Waals surface area contributed by atoms with Gasteiger partial charge in [0, 0.05) is 25.8 Å². The Hall–Kier alpha value is -1.20. The summed E-state index contributed by atoms with van der Waals surface area (Å²) in [5, 5.41) is 3.27. The van der Waals surface area contributed by atoms with Crippen LogP contribution in [0.2, 0.25) is 0 Å². The van der Waals surface area contributed by atoms with Crippen molar-refractivity contribution in [2.75, 3.05) is 20.3 Å². The molecule has 0 heterocycles. The Morgan fingerprint density at radius 2 is 2.17 bits per heavy atom. The van der Waals surface area contributed by atoms with Gasteiger partial charge in [0.15, 0.2) is 11.6 Å². The third kappa shape index (κ3) is 3.92. The van der Waals surface area contributed by atoms with Crippen LogP contribution in [0.3, 0.4) is 0 Å². The van der Waals surface area contributed by atoms with Crippen LogP contribution in [0.4, 0.5) is 8.78 Å². The van der Waals surface area contributed by atoms with Gasteiger partial charge in [-0.05, 0) is 25.0 Å². The molecule has 1 atom stereocenters. The lowest BCUT2D eigenvalue weighted by molar-refractivity contribution is 0.0774. The molecule has 1 fully saturated rings. The number of benzene rings is 1. The summed E-state index contributed by atoms with van der Waals surface area (Å²) in [4.78, 5) is 0. The minimum atomic E-state index is -0.566. The second-order valence-corrected chi connectivity index (χ2v) is 4.45. The third-order valence-corrected chi connectivity index (χ3v) is 2.75. The summed E-state index contributed by atoms with van der Waals surface area (Å²) in [7, 11) is 1.55. The van der Waals surface area contributed by atoms with E-state index in [-0.39, 0.29) is 11.9 Å². The predicted octanol–water partition coefficient (Wildman–Crippen LogP) is 2.11. The first-order valence-electron chi connectivity index (χ1n) is 6.03. The van der Waals surface area contributed by atoms with Crippen molar-refractivity contribution in [3.63, 3.8) is 0 Å². The Kier molecular flexibility index (Phi) is 4.49. The van der Waals surface area contributed by atoms with E-state index in [4.69, 9.17) is 9.47 Å². The van der Waals surface area contributed by atoms with Gasteiger partial charge in [0.25, 0.3) is 0 Å². The molecule has 0 aliphatic heterocycles. The van der Waals surface area contributed by atoms with E-state index < -0.39 is 11.6 Å². The van der Waals surface area contributed by atoms with Crippen molar-refractivity contribution in [1.82, 2.24) is 5.32 Å². The second kappa shape index (κ2) is 6.11. The van der Waals surface area contributed by atoms with Crippen LogP contribution in [0, 0.1) is 11.6 Å². The highest BCUT2D eigenvalue weighted by Gasteiger charge is 2.23. The molecule has 1 aromatic carbocycles. The quantitative estimate of drug-likeness (QED) is 0.811. The van der Waals surface area contributed by atoms with Crippen molar-refractivity contribution in [2.45, 2.75) is 25.0 Å². The summed E-state index contributed by atoms with van der Waals surface area (Å²) in [5.74, 6) is -1.16.